The SMILES string of the molecule is CC1CCC(c2nc3cc(C(C)(C)O)c(NC(=O)c4cnc(C(F)(F)F)cn4)cc3s2)CC1. The second kappa shape index (κ2) is 8.64. The summed E-state index contributed by atoms with van der Waals surface area (Å²) in [7, 11) is 0. The third kappa shape index (κ3) is 5.16. The van der Waals surface area contributed by atoms with Crippen LogP contribution < -0.4 is 5.32 Å². The van der Waals surface area contributed by atoms with Gasteiger partial charge in [-0.2, -0.15) is 13.2 Å². The quantitative estimate of drug-likeness (QED) is 0.489. The average Bonchev–Trinajstić information content (AvgIpc) is 3.15. The number of rotatable bonds is 4. The van der Waals surface area contributed by atoms with E-state index < -0.39 is 23.4 Å². The fraction of sp³-hybridized carbons (Fsp3) is 0.478. The second-order valence-corrected chi connectivity index (χ2v) is 10.2. The van der Waals surface area contributed by atoms with Crippen molar-refractivity contribution in [3.8, 4) is 0 Å². The van der Waals surface area contributed by atoms with Crippen LogP contribution in [0.3, 0.4) is 0 Å². The molecule has 2 aromatic heterocycles. The monoisotopic (exact) mass is 478 g/mol. The molecule has 10 heteroatoms. The molecule has 1 saturated carbocycles. The summed E-state index contributed by atoms with van der Waals surface area (Å²) in [5.74, 6) is 0.421. The summed E-state index contributed by atoms with van der Waals surface area (Å²) < 4.78 is 39.0. The summed E-state index contributed by atoms with van der Waals surface area (Å²) in [5.41, 5.74) is -1.16. The number of nitrogens with zero attached hydrogens (tertiary/aromatic N) is 3. The number of alkyl halides is 3. The predicted octanol–water partition coefficient (Wildman–Crippen LogP) is 5.88. The van der Waals surface area contributed by atoms with Crippen LogP contribution in [0, 0.1) is 5.92 Å². The van der Waals surface area contributed by atoms with Crippen LogP contribution in [-0.4, -0.2) is 26.0 Å². The highest BCUT2D eigenvalue weighted by Gasteiger charge is 2.33. The van der Waals surface area contributed by atoms with E-state index in [9.17, 15) is 23.1 Å². The minimum absolute atomic E-state index is 0.258. The van der Waals surface area contributed by atoms with Crippen molar-refractivity contribution in [2.45, 2.75) is 64.1 Å². The lowest BCUT2D eigenvalue weighted by Crippen LogP contribution is -2.22. The molecule has 1 aliphatic rings. The molecule has 0 bridgehead atoms. The van der Waals surface area contributed by atoms with Crippen molar-refractivity contribution in [1.29, 1.82) is 0 Å². The Morgan fingerprint density at radius 3 is 2.39 bits per heavy atom. The number of aromatic nitrogens is 3. The number of fused-ring (bicyclic) bond motifs is 1. The Bertz CT molecular complexity index is 1160. The lowest BCUT2D eigenvalue weighted by atomic mass is 9.83. The van der Waals surface area contributed by atoms with E-state index in [0.717, 1.165) is 40.2 Å². The first-order valence-corrected chi connectivity index (χ1v) is 11.6. The van der Waals surface area contributed by atoms with Crippen molar-refractivity contribution < 1.29 is 23.1 Å². The molecule has 1 aliphatic carbocycles. The number of aliphatic hydroxyl groups is 1. The van der Waals surface area contributed by atoms with Crippen molar-refractivity contribution >= 4 is 33.1 Å². The molecule has 0 saturated heterocycles. The molecule has 0 spiro atoms. The maximum atomic E-state index is 12.7. The number of halogens is 3. The topological polar surface area (TPSA) is 88.0 Å². The van der Waals surface area contributed by atoms with Gasteiger partial charge in [0.25, 0.3) is 5.91 Å². The summed E-state index contributed by atoms with van der Waals surface area (Å²) in [6.45, 7) is 5.45. The summed E-state index contributed by atoms with van der Waals surface area (Å²) in [6, 6.07) is 3.51. The Morgan fingerprint density at radius 2 is 1.82 bits per heavy atom. The van der Waals surface area contributed by atoms with Crippen LogP contribution >= 0.6 is 11.3 Å². The molecule has 0 atom stereocenters. The van der Waals surface area contributed by atoms with E-state index in [1.54, 1.807) is 37.3 Å². The Hall–Kier alpha value is -2.59. The molecule has 6 nitrogen and oxygen atoms in total. The maximum Gasteiger partial charge on any atom is 0.434 e. The minimum atomic E-state index is -4.64. The molecular weight excluding hydrogens is 453 g/mol. The largest absolute Gasteiger partial charge is 0.434 e. The summed E-state index contributed by atoms with van der Waals surface area (Å²) >= 11 is 1.57. The van der Waals surface area contributed by atoms with Crippen LogP contribution in [0.25, 0.3) is 10.2 Å². The van der Waals surface area contributed by atoms with Crippen molar-refractivity contribution in [1.82, 2.24) is 15.0 Å². The molecule has 1 amide bonds. The Balaban J connectivity index is 1.64. The molecule has 2 N–H and O–H groups in total. The Kier molecular flexibility index (Phi) is 6.17. The molecule has 4 rings (SSSR count). The van der Waals surface area contributed by atoms with Crippen LogP contribution in [0.15, 0.2) is 24.5 Å². The van der Waals surface area contributed by atoms with Gasteiger partial charge in [-0.25, -0.2) is 15.0 Å². The molecule has 2 heterocycles. The van der Waals surface area contributed by atoms with Gasteiger partial charge < -0.3 is 10.4 Å². The van der Waals surface area contributed by atoms with E-state index in [1.807, 2.05) is 0 Å². The van der Waals surface area contributed by atoms with Crippen LogP contribution in [0.2, 0.25) is 0 Å². The average molecular weight is 479 g/mol. The highest BCUT2D eigenvalue weighted by Crippen LogP contribution is 2.41. The van der Waals surface area contributed by atoms with E-state index in [1.165, 1.54) is 12.8 Å². The number of carbonyl (C=O) groups excluding carboxylic acids is 1. The van der Waals surface area contributed by atoms with Crippen molar-refractivity contribution in [3.05, 3.63) is 46.5 Å². The molecule has 176 valence electrons. The number of anilines is 1. The number of thiazole rings is 1. The van der Waals surface area contributed by atoms with Crippen molar-refractivity contribution in [3.63, 3.8) is 0 Å². The lowest BCUT2D eigenvalue weighted by molar-refractivity contribution is -0.141. The third-order valence-electron chi connectivity index (χ3n) is 5.99. The first-order valence-electron chi connectivity index (χ1n) is 10.8. The highest BCUT2D eigenvalue weighted by molar-refractivity contribution is 7.18. The van der Waals surface area contributed by atoms with Gasteiger partial charge in [0.1, 0.15) is 5.69 Å². The van der Waals surface area contributed by atoms with Gasteiger partial charge >= 0.3 is 6.18 Å². The predicted molar refractivity (Wildman–Crippen MR) is 120 cm³/mol. The van der Waals surface area contributed by atoms with Gasteiger partial charge in [0.15, 0.2) is 5.69 Å². The number of nitrogens with one attached hydrogen (secondary N) is 1. The van der Waals surface area contributed by atoms with E-state index in [0.29, 0.717) is 23.4 Å². The zero-order valence-corrected chi connectivity index (χ0v) is 19.3. The van der Waals surface area contributed by atoms with Crippen LogP contribution in [0.5, 0.6) is 0 Å². The highest BCUT2D eigenvalue weighted by atomic mass is 32.1. The minimum Gasteiger partial charge on any atom is -0.386 e. The normalized spacial score (nSPS) is 19.6. The third-order valence-corrected chi connectivity index (χ3v) is 7.17. The smallest absolute Gasteiger partial charge is 0.386 e. The molecule has 3 aromatic rings. The zero-order valence-electron chi connectivity index (χ0n) is 18.5. The number of hydrogen-bond acceptors (Lipinski definition) is 6. The summed E-state index contributed by atoms with van der Waals surface area (Å²) in [6.07, 6.45) is 1.20. The van der Waals surface area contributed by atoms with Crippen LogP contribution in [0.1, 0.15) is 79.1 Å². The Morgan fingerprint density at radius 1 is 1.12 bits per heavy atom. The van der Waals surface area contributed by atoms with E-state index in [4.69, 9.17) is 4.98 Å². The maximum absolute atomic E-state index is 12.7. The molecular formula is C23H25F3N4O2S. The second-order valence-electron chi connectivity index (χ2n) is 9.17. The number of amides is 1. The standard InChI is InChI=1S/C23H25F3N4O2S/c1-12-4-6-13(7-5-12)21-30-16-8-14(22(2,3)32)15(9-18(16)33-21)29-20(31)17-10-28-19(11-27-17)23(24,25)26/h8-13,32H,4-7H2,1-3H3,(H,29,31). The number of carbonyl (C=O) groups is 1. The van der Waals surface area contributed by atoms with Gasteiger partial charge in [-0.15, -0.1) is 11.3 Å². The van der Waals surface area contributed by atoms with Gasteiger partial charge in [0.2, 0.25) is 0 Å². The first-order chi connectivity index (χ1) is 15.4. The summed E-state index contributed by atoms with van der Waals surface area (Å²) in [5, 5.41) is 14.4. The molecule has 0 aliphatic heterocycles. The summed E-state index contributed by atoms with van der Waals surface area (Å²) in [4.78, 5) is 24.4. The van der Waals surface area contributed by atoms with Crippen LogP contribution in [-0.2, 0) is 11.8 Å². The van der Waals surface area contributed by atoms with Gasteiger partial charge in [0.05, 0.1) is 33.2 Å². The van der Waals surface area contributed by atoms with Gasteiger partial charge in [0, 0.05) is 17.2 Å². The zero-order chi connectivity index (χ0) is 24.0. The van der Waals surface area contributed by atoms with Crippen molar-refractivity contribution in [2.24, 2.45) is 5.92 Å². The van der Waals surface area contributed by atoms with Gasteiger partial charge in [-0.3, -0.25) is 4.79 Å². The van der Waals surface area contributed by atoms with E-state index in [2.05, 4.69) is 22.2 Å². The van der Waals surface area contributed by atoms with Gasteiger partial charge in [-0.1, -0.05) is 19.8 Å². The first kappa shape index (κ1) is 23.6. The van der Waals surface area contributed by atoms with Crippen molar-refractivity contribution in [2.75, 3.05) is 5.32 Å². The van der Waals surface area contributed by atoms with Gasteiger partial charge in [-0.05, 0) is 44.7 Å². The van der Waals surface area contributed by atoms with E-state index >= 15 is 0 Å². The molecule has 1 aromatic carbocycles. The molecule has 33 heavy (non-hydrogen) atoms. The van der Waals surface area contributed by atoms with Crippen LogP contribution in [0.4, 0.5) is 18.9 Å². The molecule has 1 fully saturated rings. The van der Waals surface area contributed by atoms with E-state index in [-0.39, 0.29) is 5.69 Å². The molecule has 0 radical (unpaired) electrons. The fourth-order valence-corrected chi connectivity index (χ4v) is 5.22. The number of hydrogen-bond donors (Lipinski definition) is 2. The number of benzene rings is 1. The fourth-order valence-electron chi connectivity index (χ4n) is 4.06. The molecule has 0 unspecified atom stereocenters. The lowest BCUT2D eigenvalue weighted by Gasteiger charge is -2.24. The Labute approximate surface area is 193 Å².